The molecule has 11 heteroatoms. The third-order valence-electron chi connectivity index (χ3n) is 6.60. The predicted molar refractivity (Wildman–Crippen MR) is 173 cm³/mol. The van der Waals surface area contributed by atoms with Gasteiger partial charge in [-0.1, -0.05) is 55.4 Å². The molecule has 45 heavy (non-hydrogen) atoms. The van der Waals surface area contributed by atoms with Gasteiger partial charge in [0.1, 0.15) is 48.4 Å². The lowest BCUT2D eigenvalue weighted by molar-refractivity contribution is -0.159. The molecule has 2 atom stereocenters. The van der Waals surface area contributed by atoms with Crippen molar-refractivity contribution < 1.29 is 49.0 Å². The smallest absolute Gasteiger partial charge is 0.414 e. The minimum atomic E-state index is -1.82. The molecule has 0 aliphatic rings. The maximum atomic E-state index is 10.9. The molecule has 2 aromatic carbocycles. The van der Waals surface area contributed by atoms with E-state index in [9.17, 15) is 10.2 Å². The Morgan fingerprint density at radius 2 is 1.04 bits per heavy atom. The summed E-state index contributed by atoms with van der Waals surface area (Å²) in [5.41, 5.74) is 1.77. The van der Waals surface area contributed by atoms with Crippen LogP contribution in [0.15, 0.2) is 36.4 Å². The quantitative estimate of drug-likeness (QED) is 0.215. The van der Waals surface area contributed by atoms with Gasteiger partial charge in [0.25, 0.3) is 0 Å². The van der Waals surface area contributed by atoms with Gasteiger partial charge in [0.15, 0.2) is 0 Å². The third-order valence-corrected chi connectivity index (χ3v) is 6.60. The summed E-state index contributed by atoms with van der Waals surface area (Å²) < 4.78 is 22.9. The Morgan fingerprint density at radius 1 is 0.689 bits per heavy atom. The number of benzene rings is 2. The van der Waals surface area contributed by atoms with Crippen molar-refractivity contribution in [2.45, 2.75) is 78.4 Å². The molecule has 0 spiro atoms. The van der Waals surface area contributed by atoms with E-state index in [4.69, 9.17) is 38.7 Å². The molecule has 0 radical (unpaired) electrons. The van der Waals surface area contributed by atoms with Crippen molar-refractivity contribution in [3.05, 3.63) is 47.5 Å². The highest BCUT2D eigenvalue weighted by molar-refractivity contribution is 6.27. The lowest BCUT2D eigenvalue weighted by atomic mass is 9.86. The highest BCUT2D eigenvalue weighted by atomic mass is 16.5. The molecule has 0 aromatic heterocycles. The number of aliphatic carboxylic acids is 2. The first kappa shape index (κ1) is 39.5. The molecule has 0 aliphatic carbocycles. The van der Waals surface area contributed by atoms with Crippen LogP contribution in [-0.4, -0.2) is 96.5 Å². The van der Waals surface area contributed by atoms with E-state index in [0.717, 1.165) is 40.7 Å². The van der Waals surface area contributed by atoms with E-state index in [1.807, 2.05) is 36.4 Å². The fourth-order valence-electron chi connectivity index (χ4n) is 4.51. The van der Waals surface area contributed by atoms with Gasteiger partial charge >= 0.3 is 11.9 Å². The van der Waals surface area contributed by atoms with Gasteiger partial charge in [0, 0.05) is 30.8 Å². The van der Waals surface area contributed by atoms with Crippen molar-refractivity contribution in [2.75, 3.05) is 47.1 Å². The van der Waals surface area contributed by atoms with E-state index < -0.39 is 24.1 Å². The summed E-state index contributed by atoms with van der Waals surface area (Å²) in [7, 11) is 3.30. The molecule has 0 fully saturated rings. The van der Waals surface area contributed by atoms with Gasteiger partial charge in [0.2, 0.25) is 0 Å². The number of carboxylic acids is 2. The first-order valence-electron chi connectivity index (χ1n) is 15.0. The van der Waals surface area contributed by atoms with Crippen molar-refractivity contribution in [2.24, 2.45) is 5.92 Å². The first-order valence-corrected chi connectivity index (χ1v) is 15.0. The highest BCUT2D eigenvalue weighted by Crippen LogP contribution is 2.35. The minimum absolute atomic E-state index is 0.140. The minimum Gasteiger partial charge on any atom is -0.497 e. The first-order chi connectivity index (χ1) is 20.8. The molecular formula is C34H53NO10. The van der Waals surface area contributed by atoms with Crippen LogP contribution in [0.1, 0.15) is 66.5 Å². The van der Waals surface area contributed by atoms with Gasteiger partial charge in [-0.3, -0.25) is 4.90 Å². The largest absolute Gasteiger partial charge is 0.497 e. The lowest BCUT2D eigenvalue weighted by Crippen LogP contribution is -2.43. The van der Waals surface area contributed by atoms with Gasteiger partial charge < -0.3 is 39.4 Å². The Morgan fingerprint density at radius 3 is 1.31 bits per heavy atom. The van der Waals surface area contributed by atoms with Gasteiger partial charge in [-0.2, -0.15) is 0 Å². The second-order valence-corrected chi connectivity index (χ2v) is 13.4. The van der Waals surface area contributed by atoms with Gasteiger partial charge in [0.05, 0.1) is 14.2 Å². The molecule has 2 aromatic rings. The maximum absolute atomic E-state index is 10.9. The van der Waals surface area contributed by atoms with Crippen LogP contribution in [0.5, 0.6) is 23.0 Å². The number of rotatable bonds is 14. The SMILES string of the molecule is COc1ccc(OCC(O)CN(CC(C)C)CC(O)COc2ccc(OC)cc2C(C)(C)C)c(C(C)(C)C)c1.O=C(O)C(=O)O. The Bertz CT molecular complexity index is 1130. The molecule has 2 unspecified atom stereocenters. The molecule has 0 aliphatic heterocycles. The Hall–Kier alpha value is -3.54. The molecule has 11 nitrogen and oxygen atoms in total. The molecule has 0 saturated carbocycles. The van der Waals surface area contributed by atoms with E-state index >= 15 is 0 Å². The number of aliphatic hydroxyl groups excluding tert-OH is 2. The van der Waals surface area contributed by atoms with Crippen LogP contribution in [0.25, 0.3) is 0 Å². The topological polar surface area (TPSA) is 155 Å². The number of ether oxygens (including phenoxy) is 4. The zero-order chi connectivity index (χ0) is 34.5. The molecule has 0 bridgehead atoms. The molecule has 2 rings (SSSR count). The van der Waals surface area contributed by atoms with Crippen LogP contribution in [-0.2, 0) is 20.4 Å². The number of methoxy groups -OCH3 is 2. The van der Waals surface area contributed by atoms with Crippen LogP contribution in [0.2, 0.25) is 0 Å². The van der Waals surface area contributed by atoms with E-state index in [0.29, 0.717) is 19.0 Å². The van der Waals surface area contributed by atoms with E-state index in [-0.39, 0.29) is 24.0 Å². The molecule has 4 N–H and O–H groups in total. The Balaban J connectivity index is 0.00000153. The molecule has 0 amide bonds. The van der Waals surface area contributed by atoms with Crippen LogP contribution < -0.4 is 18.9 Å². The lowest BCUT2D eigenvalue weighted by Gasteiger charge is -2.30. The molecular weight excluding hydrogens is 582 g/mol. The molecule has 254 valence electrons. The van der Waals surface area contributed by atoms with Gasteiger partial charge in [-0.05, 0) is 53.1 Å². The van der Waals surface area contributed by atoms with Crippen molar-refractivity contribution in [3.63, 3.8) is 0 Å². The number of hydrogen-bond donors (Lipinski definition) is 4. The number of hydrogen-bond acceptors (Lipinski definition) is 9. The summed E-state index contributed by atoms with van der Waals surface area (Å²) in [4.78, 5) is 20.3. The number of aliphatic hydroxyl groups is 2. The Labute approximate surface area is 267 Å². The average Bonchev–Trinajstić information content (AvgIpc) is 2.93. The van der Waals surface area contributed by atoms with Crippen LogP contribution in [0, 0.1) is 5.92 Å². The fourth-order valence-corrected chi connectivity index (χ4v) is 4.51. The standard InChI is InChI=1S/C32H51NO6.C2H2O4/c1-22(2)17-33(18-23(34)20-38-29-13-11-25(36-9)15-27(29)31(3,4)5)19-24(35)21-39-30-14-12-26(37-10)16-28(30)32(6,7)8;3-1(4)2(5)6/h11-16,22-24,34-35H,17-21H2,1-10H3;(H,3,4)(H,5,6). The number of carboxylic acid groups (broad SMARTS) is 2. The summed E-state index contributed by atoms with van der Waals surface area (Å²) in [5.74, 6) is -0.257. The monoisotopic (exact) mass is 635 g/mol. The second-order valence-electron chi connectivity index (χ2n) is 13.4. The summed E-state index contributed by atoms with van der Waals surface area (Å²) in [6, 6.07) is 11.5. The number of nitrogens with zero attached hydrogens (tertiary/aromatic N) is 1. The summed E-state index contributed by atoms with van der Waals surface area (Å²) in [5, 5.41) is 36.5. The normalized spacial score (nSPS) is 13.0. The maximum Gasteiger partial charge on any atom is 0.414 e. The predicted octanol–water partition coefficient (Wildman–Crippen LogP) is 4.59. The van der Waals surface area contributed by atoms with Crippen LogP contribution in [0.4, 0.5) is 0 Å². The van der Waals surface area contributed by atoms with E-state index in [1.54, 1.807) is 14.2 Å². The average molecular weight is 636 g/mol. The van der Waals surface area contributed by atoms with Gasteiger partial charge in [-0.15, -0.1) is 0 Å². The number of carbonyl (C=O) groups is 2. The Kier molecular flexibility index (Phi) is 15.6. The van der Waals surface area contributed by atoms with Crippen LogP contribution in [0.3, 0.4) is 0 Å². The summed E-state index contributed by atoms with van der Waals surface area (Å²) in [6.07, 6.45) is -1.44. The van der Waals surface area contributed by atoms with E-state index in [1.165, 1.54) is 0 Å². The van der Waals surface area contributed by atoms with Crippen molar-refractivity contribution in [1.29, 1.82) is 0 Å². The second kappa shape index (κ2) is 17.8. The van der Waals surface area contributed by atoms with Crippen molar-refractivity contribution in [1.82, 2.24) is 4.90 Å². The van der Waals surface area contributed by atoms with E-state index in [2.05, 4.69) is 60.3 Å². The molecule has 0 heterocycles. The van der Waals surface area contributed by atoms with Crippen molar-refractivity contribution >= 4 is 11.9 Å². The third kappa shape index (κ3) is 14.4. The van der Waals surface area contributed by atoms with Crippen molar-refractivity contribution in [3.8, 4) is 23.0 Å². The molecule has 0 saturated heterocycles. The van der Waals surface area contributed by atoms with Crippen LogP contribution >= 0.6 is 0 Å². The van der Waals surface area contributed by atoms with Gasteiger partial charge in [-0.25, -0.2) is 9.59 Å². The summed E-state index contributed by atoms with van der Waals surface area (Å²) >= 11 is 0. The zero-order valence-corrected chi connectivity index (χ0v) is 28.4. The summed E-state index contributed by atoms with van der Waals surface area (Å²) in [6.45, 7) is 18.8. The fraction of sp³-hybridized carbons (Fsp3) is 0.588. The highest BCUT2D eigenvalue weighted by Gasteiger charge is 2.24. The zero-order valence-electron chi connectivity index (χ0n) is 28.4.